The summed E-state index contributed by atoms with van der Waals surface area (Å²) in [6.07, 6.45) is 0. The predicted molar refractivity (Wildman–Crippen MR) is 218 cm³/mol. The van der Waals surface area contributed by atoms with E-state index in [1.165, 1.54) is 54.9 Å². The molecule has 1 aliphatic rings. The Morgan fingerprint density at radius 2 is 1.19 bits per heavy atom. The molecule has 11 rings (SSSR count). The smallest absolute Gasteiger partial charge is 0.236 e. The monoisotopic (exact) mass is 679 g/mol. The van der Waals surface area contributed by atoms with Crippen LogP contribution in [-0.2, 0) is 5.41 Å². The molecule has 4 heteroatoms. The van der Waals surface area contributed by atoms with Crippen molar-refractivity contribution in [3.63, 3.8) is 0 Å². The summed E-state index contributed by atoms with van der Waals surface area (Å²) in [6.45, 7) is 4.68. The fourth-order valence-electron chi connectivity index (χ4n) is 8.62. The van der Waals surface area contributed by atoms with Crippen molar-refractivity contribution in [2.24, 2.45) is 0 Å². The summed E-state index contributed by atoms with van der Waals surface area (Å²) in [5.74, 6) is 1.37. The van der Waals surface area contributed by atoms with E-state index in [9.17, 15) is 0 Å². The van der Waals surface area contributed by atoms with Crippen molar-refractivity contribution in [2.75, 3.05) is 0 Å². The van der Waals surface area contributed by atoms with E-state index in [-0.39, 0.29) is 5.41 Å². The molecule has 0 amide bonds. The fraction of sp³-hybridized carbons (Fsp3) is 0.0612. The van der Waals surface area contributed by atoms with Gasteiger partial charge in [0.25, 0.3) is 0 Å². The Labute approximate surface area is 306 Å². The molecule has 0 spiro atoms. The van der Waals surface area contributed by atoms with Crippen molar-refractivity contribution >= 4 is 43.7 Å². The van der Waals surface area contributed by atoms with Crippen LogP contribution in [0.25, 0.3) is 94.5 Å². The summed E-state index contributed by atoms with van der Waals surface area (Å²) >= 11 is 0. The highest BCUT2D eigenvalue weighted by Gasteiger charge is 2.35. The van der Waals surface area contributed by atoms with Gasteiger partial charge in [-0.1, -0.05) is 147 Å². The maximum absolute atomic E-state index is 6.54. The number of rotatable bonds is 4. The first kappa shape index (κ1) is 29.9. The van der Waals surface area contributed by atoms with Gasteiger partial charge in [0, 0.05) is 33.4 Å². The minimum absolute atomic E-state index is 0.0713. The van der Waals surface area contributed by atoms with Crippen LogP contribution in [0.4, 0.5) is 0 Å². The van der Waals surface area contributed by atoms with Crippen molar-refractivity contribution in [2.45, 2.75) is 19.3 Å². The molecule has 3 aromatic heterocycles. The second-order valence-corrected chi connectivity index (χ2v) is 14.6. The first-order valence-corrected chi connectivity index (χ1v) is 18.2. The third-order valence-corrected chi connectivity index (χ3v) is 11.2. The number of fused-ring (bicyclic) bond motifs is 9. The van der Waals surface area contributed by atoms with Gasteiger partial charge in [-0.15, -0.1) is 0 Å². The van der Waals surface area contributed by atoms with Crippen LogP contribution in [0.15, 0.2) is 168 Å². The first-order valence-electron chi connectivity index (χ1n) is 18.2. The largest absolute Gasteiger partial charge is 0.452 e. The molecule has 4 nitrogen and oxygen atoms in total. The maximum atomic E-state index is 6.54. The number of hydrogen-bond acceptors (Lipinski definition) is 3. The van der Waals surface area contributed by atoms with E-state index in [4.69, 9.17) is 14.4 Å². The average molecular weight is 680 g/mol. The second-order valence-electron chi connectivity index (χ2n) is 14.6. The zero-order valence-corrected chi connectivity index (χ0v) is 29.3. The summed E-state index contributed by atoms with van der Waals surface area (Å²) < 4.78 is 8.77. The topological polar surface area (TPSA) is 43.9 Å². The van der Waals surface area contributed by atoms with Crippen molar-refractivity contribution < 1.29 is 4.42 Å². The van der Waals surface area contributed by atoms with Gasteiger partial charge in [-0.2, -0.15) is 0 Å². The van der Waals surface area contributed by atoms with Crippen molar-refractivity contribution in [3.05, 3.63) is 175 Å². The van der Waals surface area contributed by atoms with E-state index in [2.05, 4.69) is 140 Å². The van der Waals surface area contributed by atoms with Crippen LogP contribution in [0.2, 0.25) is 0 Å². The van der Waals surface area contributed by atoms with Gasteiger partial charge >= 0.3 is 0 Å². The van der Waals surface area contributed by atoms with Gasteiger partial charge in [-0.05, 0) is 68.4 Å². The molecular weight excluding hydrogens is 647 g/mol. The number of aromatic nitrogens is 3. The molecule has 0 fully saturated rings. The summed E-state index contributed by atoms with van der Waals surface area (Å²) in [6, 6.07) is 58.2. The highest BCUT2D eigenvalue weighted by Crippen LogP contribution is 2.50. The van der Waals surface area contributed by atoms with Gasteiger partial charge in [0.05, 0.1) is 11.0 Å². The van der Waals surface area contributed by atoms with Gasteiger partial charge in [-0.25, -0.2) is 9.97 Å². The lowest BCUT2D eigenvalue weighted by atomic mass is 9.81. The molecule has 1 aliphatic carbocycles. The average Bonchev–Trinajstić information content (AvgIpc) is 3.86. The summed E-state index contributed by atoms with van der Waals surface area (Å²) in [5.41, 5.74) is 14.0. The van der Waals surface area contributed by atoms with Crippen molar-refractivity contribution in [1.29, 1.82) is 0 Å². The molecule has 250 valence electrons. The minimum atomic E-state index is -0.0713. The molecule has 0 saturated carbocycles. The molecule has 7 aromatic carbocycles. The standard InChI is InChI=1S/C49H33N3O/c1-49(2)39-20-12-11-19-36(39)37-24-21-34(28-40(37)49)33-23-25-42-38(27-33)45-35-18-10-9-13-30(35)22-26-43(45)52(42)48-50-41-29-44(31-14-5-3-6-15-31)53-47(41)46(51-48)32-16-7-4-8-17-32/h3-29H,1-2H3. The first-order chi connectivity index (χ1) is 26.0. The molecule has 0 N–H and O–H groups in total. The SMILES string of the molecule is CC1(C)c2ccccc2-c2ccc(-c3ccc4c(c3)c3c5ccccc5ccc3n4-c3nc(-c4ccccc4)c4oc(-c5ccccc5)cc4n3)cc21. The van der Waals surface area contributed by atoms with Gasteiger partial charge < -0.3 is 4.42 Å². The lowest BCUT2D eigenvalue weighted by molar-refractivity contribution is 0.630. The lowest BCUT2D eigenvalue weighted by Gasteiger charge is -2.22. The van der Waals surface area contributed by atoms with Crippen LogP contribution in [0.3, 0.4) is 0 Å². The molecule has 0 bridgehead atoms. The van der Waals surface area contributed by atoms with Crippen LogP contribution < -0.4 is 0 Å². The highest BCUT2D eigenvalue weighted by molar-refractivity contribution is 6.21. The van der Waals surface area contributed by atoms with E-state index in [1.807, 2.05) is 42.5 Å². The van der Waals surface area contributed by atoms with E-state index in [1.54, 1.807) is 0 Å². The molecule has 0 atom stereocenters. The van der Waals surface area contributed by atoms with Gasteiger partial charge in [0.15, 0.2) is 5.58 Å². The molecular formula is C49H33N3O. The van der Waals surface area contributed by atoms with E-state index in [0.29, 0.717) is 11.5 Å². The molecule has 0 saturated heterocycles. The highest BCUT2D eigenvalue weighted by atomic mass is 16.3. The van der Waals surface area contributed by atoms with Crippen molar-refractivity contribution in [1.82, 2.24) is 14.5 Å². The number of benzene rings is 7. The Morgan fingerprint density at radius 1 is 0.509 bits per heavy atom. The van der Waals surface area contributed by atoms with Gasteiger partial charge in [0.2, 0.25) is 5.95 Å². The van der Waals surface area contributed by atoms with Crippen LogP contribution in [0.5, 0.6) is 0 Å². The molecule has 3 heterocycles. The van der Waals surface area contributed by atoms with Gasteiger partial charge in [0.1, 0.15) is 17.0 Å². The Hall–Kier alpha value is -6.78. The van der Waals surface area contributed by atoms with Crippen LogP contribution >= 0.6 is 0 Å². The van der Waals surface area contributed by atoms with Crippen molar-refractivity contribution in [3.8, 4) is 50.8 Å². The molecule has 0 unspecified atom stereocenters. The summed E-state index contributed by atoms with van der Waals surface area (Å²) in [4.78, 5) is 10.6. The van der Waals surface area contributed by atoms with Crippen LogP contribution in [0.1, 0.15) is 25.0 Å². The van der Waals surface area contributed by atoms with E-state index in [0.717, 1.165) is 39.1 Å². The zero-order valence-electron chi connectivity index (χ0n) is 29.3. The molecule has 0 radical (unpaired) electrons. The molecule has 53 heavy (non-hydrogen) atoms. The molecule has 0 aliphatic heterocycles. The number of furan rings is 1. The number of hydrogen-bond donors (Lipinski definition) is 0. The summed E-state index contributed by atoms with van der Waals surface area (Å²) in [5, 5.41) is 4.76. The number of nitrogens with zero attached hydrogens (tertiary/aromatic N) is 3. The van der Waals surface area contributed by atoms with Gasteiger partial charge in [-0.3, -0.25) is 4.57 Å². The van der Waals surface area contributed by atoms with Crippen LogP contribution in [0, 0.1) is 0 Å². The second kappa shape index (κ2) is 11.1. The van der Waals surface area contributed by atoms with E-state index < -0.39 is 0 Å². The Morgan fingerprint density at radius 3 is 2.04 bits per heavy atom. The molecule has 10 aromatic rings. The summed E-state index contributed by atoms with van der Waals surface area (Å²) in [7, 11) is 0. The minimum Gasteiger partial charge on any atom is -0.452 e. The Balaban J connectivity index is 1.16. The van der Waals surface area contributed by atoms with Crippen LogP contribution in [-0.4, -0.2) is 14.5 Å². The zero-order chi connectivity index (χ0) is 35.3. The normalized spacial score (nSPS) is 13.2. The van der Waals surface area contributed by atoms with E-state index >= 15 is 0 Å². The quantitative estimate of drug-likeness (QED) is 0.186. The Kier molecular flexibility index (Phi) is 6.27. The predicted octanol–water partition coefficient (Wildman–Crippen LogP) is 12.8. The Bertz CT molecular complexity index is 3080. The maximum Gasteiger partial charge on any atom is 0.236 e. The fourth-order valence-corrected chi connectivity index (χ4v) is 8.62. The third-order valence-electron chi connectivity index (χ3n) is 11.2. The lowest BCUT2D eigenvalue weighted by Crippen LogP contribution is -2.14. The third kappa shape index (κ3) is 4.42.